The highest BCUT2D eigenvalue weighted by atomic mass is 32.2. The highest BCUT2D eigenvalue weighted by Gasteiger charge is 2.23. The van der Waals surface area contributed by atoms with Crippen LogP contribution in [0.2, 0.25) is 0 Å². The maximum Gasteiger partial charge on any atom is 0.278 e. The van der Waals surface area contributed by atoms with Crippen LogP contribution in [0.5, 0.6) is 5.75 Å². The number of carbonyl (C=O) groups excluding carboxylic acids is 1. The molecule has 0 saturated carbocycles. The van der Waals surface area contributed by atoms with Gasteiger partial charge in [0.2, 0.25) is 5.91 Å². The largest absolute Gasteiger partial charge is 0.497 e. The zero-order valence-corrected chi connectivity index (χ0v) is 17.2. The number of hydrogen-bond donors (Lipinski definition) is 0. The van der Waals surface area contributed by atoms with Crippen molar-refractivity contribution in [2.24, 2.45) is 0 Å². The third-order valence-electron chi connectivity index (χ3n) is 5.30. The molecule has 0 spiro atoms. The van der Waals surface area contributed by atoms with E-state index in [1.165, 1.54) is 0 Å². The van der Waals surface area contributed by atoms with E-state index in [4.69, 9.17) is 9.72 Å². The van der Waals surface area contributed by atoms with Crippen molar-refractivity contribution < 1.29 is 9.53 Å². The van der Waals surface area contributed by atoms with E-state index < -0.39 is 0 Å². The molecular formula is C20H24N4O3S. The third kappa shape index (κ3) is 2.96. The lowest BCUT2D eigenvalue weighted by molar-refractivity contribution is -0.131. The lowest BCUT2D eigenvalue weighted by atomic mass is 10.2. The van der Waals surface area contributed by atoms with Crippen LogP contribution in [0.15, 0.2) is 28.2 Å². The van der Waals surface area contributed by atoms with Crippen LogP contribution < -0.4 is 10.3 Å². The Morgan fingerprint density at radius 3 is 2.82 bits per heavy atom. The Balaban J connectivity index is 2.00. The van der Waals surface area contributed by atoms with Crippen LogP contribution in [0.3, 0.4) is 0 Å². The molecule has 1 amide bonds. The maximum atomic E-state index is 13.3. The summed E-state index contributed by atoms with van der Waals surface area (Å²) in [5, 5.41) is 1.59. The molecule has 1 aromatic carbocycles. The van der Waals surface area contributed by atoms with Crippen molar-refractivity contribution >= 4 is 39.6 Å². The van der Waals surface area contributed by atoms with Crippen molar-refractivity contribution in [3.8, 4) is 5.75 Å². The van der Waals surface area contributed by atoms with Crippen LogP contribution in [0, 0.1) is 0 Å². The van der Waals surface area contributed by atoms with Crippen LogP contribution in [0.25, 0.3) is 21.9 Å². The molecule has 3 heterocycles. The van der Waals surface area contributed by atoms with Crippen molar-refractivity contribution in [2.45, 2.75) is 38.5 Å². The topological polar surface area (TPSA) is 69.4 Å². The van der Waals surface area contributed by atoms with Gasteiger partial charge in [-0.05, 0) is 38.5 Å². The van der Waals surface area contributed by atoms with Gasteiger partial charge in [-0.25, -0.2) is 4.98 Å². The number of benzene rings is 1. The number of fused-ring (bicyclic) bond motifs is 4. The second-order valence-corrected chi connectivity index (χ2v) is 7.85. The summed E-state index contributed by atoms with van der Waals surface area (Å²) in [4.78, 5) is 32.8. The van der Waals surface area contributed by atoms with Crippen LogP contribution in [0.4, 0.5) is 0 Å². The molecule has 1 aliphatic rings. The van der Waals surface area contributed by atoms with Crippen LogP contribution >= 0.6 is 11.8 Å². The zero-order chi connectivity index (χ0) is 19.8. The number of carbonyl (C=O) groups is 1. The number of ether oxygens (including phenoxy) is 1. The van der Waals surface area contributed by atoms with E-state index in [1.54, 1.807) is 28.3 Å². The van der Waals surface area contributed by atoms with Crippen molar-refractivity contribution in [1.82, 2.24) is 19.0 Å². The summed E-state index contributed by atoms with van der Waals surface area (Å²) in [5.74, 6) is 1.66. The van der Waals surface area contributed by atoms with E-state index in [0.717, 1.165) is 28.2 Å². The molecule has 0 saturated heterocycles. The molecule has 0 bridgehead atoms. The number of nitrogens with zero attached hydrogens (tertiary/aromatic N) is 4. The number of hydrogen-bond acceptors (Lipinski definition) is 5. The van der Waals surface area contributed by atoms with Crippen LogP contribution in [-0.4, -0.2) is 50.9 Å². The maximum absolute atomic E-state index is 13.3. The molecule has 0 N–H and O–H groups in total. The Hall–Kier alpha value is -2.48. The minimum Gasteiger partial charge on any atom is -0.497 e. The lowest BCUT2D eigenvalue weighted by Crippen LogP contribution is -2.34. The number of methoxy groups -OCH3 is 1. The Labute approximate surface area is 167 Å². The Kier molecular flexibility index (Phi) is 5.05. The summed E-state index contributed by atoms with van der Waals surface area (Å²) in [6.45, 7) is 5.99. The van der Waals surface area contributed by atoms with Crippen molar-refractivity contribution in [3.05, 3.63) is 28.6 Å². The zero-order valence-electron chi connectivity index (χ0n) is 16.4. The molecule has 4 rings (SSSR count). The second kappa shape index (κ2) is 7.50. The van der Waals surface area contributed by atoms with Gasteiger partial charge >= 0.3 is 0 Å². The predicted octanol–water partition coefficient (Wildman–Crippen LogP) is 2.72. The van der Waals surface area contributed by atoms with Gasteiger partial charge in [0.15, 0.2) is 5.16 Å². The second-order valence-electron chi connectivity index (χ2n) is 6.79. The molecule has 8 heteroatoms. The van der Waals surface area contributed by atoms with Crippen molar-refractivity contribution in [2.75, 3.05) is 26.0 Å². The summed E-state index contributed by atoms with van der Waals surface area (Å²) in [7, 11) is 1.62. The van der Waals surface area contributed by atoms with Gasteiger partial charge in [-0.1, -0.05) is 11.8 Å². The molecular weight excluding hydrogens is 376 g/mol. The first-order valence-corrected chi connectivity index (χ1v) is 10.6. The third-order valence-corrected chi connectivity index (χ3v) is 6.36. The summed E-state index contributed by atoms with van der Waals surface area (Å²) in [6.07, 6.45) is 0.942. The quantitative estimate of drug-likeness (QED) is 0.616. The van der Waals surface area contributed by atoms with Gasteiger partial charge in [-0.2, -0.15) is 0 Å². The van der Waals surface area contributed by atoms with Gasteiger partial charge < -0.3 is 14.2 Å². The average molecular weight is 401 g/mol. The molecule has 2 aromatic heterocycles. The van der Waals surface area contributed by atoms with E-state index in [1.807, 2.05) is 36.6 Å². The Morgan fingerprint density at radius 1 is 1.32 bits per heavy atom. The summed E-state index contributed by atoms with van der Waals surface area (Å²) in [5.41, 5.74) is 1.89. The van der Waals surface area contributed by atoms with E-state index in [9.17, 15) is 9.59 Å². The number of likely N-dealkylation sites (N-methyl/N-ethyl adjacent to an activating group) is 1. The molecule has 0 aliphatic carbocycles. The molecule has 7 nitrogen and oxygen atoms in total. The molecule has 0 unspecified atom stereocenters. The summed E-state index contributed by atoms with van der Waals surface area (Å²) >= 11 is 1.61. The molecule has 1 aliphatic heterocycles. The smallest absolute Gasteiger partial charge is 0.278 e. The fourth-order valence-electron chi connectivity index (χ4n) is 3.81. The summed E-state index contributed by atoms with van der Waals surface area (Å²) in [6, 6.07) is 5.65. The van der Waals surface area contributed by atoms with Crippen molar-refractivity contribution in [1.29, 1.82) is 0 Å². The van der Waals surface area contributed by atoms with E-state index in [-0.39, 0.29) is 18.0 Å². The molecule has 0 atom stereocenters. The lowest BCUT2D eigenvalue weighted by Gasteiger charge is -2.20. The van der Waals surface area contributed by atoms with Crippen LogP contribution in [-0.2, 0) is 17.9 Å². The molecule has 0 radical (unpaired) electrons. The van der Waals surface area contributed by atoms with E-state index in [2.05, 4.69) is 0 Å². The van der Waals surface area contributed by atoms with Gasteiger partial charge in [0, 0.05) is 30.8 Å². The number of rotatable bonds is 5. The van der Waals surface area contributed by atoms with Gasteiger partial charge in [0.1, 0.15) is 23.3 Å². The highest BCUT2D eigenvalue weighted by Crippen LogP contribution is 2.32. The SMILES string of the molecule is CCN(CC)C(=O)Cn1c2ccc(OC)cc2c2nc3n(c(=O)c21)CCCS3. The fourth-order valence-corrected chi connectivity index (χ4v) is 4.75. The minimum atomic E-state index is -0.0743. The van der Waals surface area contributed by atoms with Crippen molar-refractivity contribution in [3.63, 3.8) is 0 Å². The minimum absolute atomic E-state index is 0.00360. The standard InChI is InChI=1S/C20H24N4O3S/c1-4-22(5-2)16(25)12-24-15-8-7-13(27-3)11-14(15)17-18(24)19(26)23-9-6-10-28-20(23)21-17/h7-8,11H,4-6,9-10,12H2,1-3H3. The average Bonchev–Trinajstić information content (AvgIpc) is 3.02. The Morgan fingerprint density at radius 2 is 2.11 bits per heavy atom. The summed E-state index contributed by atoms with van der Waals surface area (Å²) < 4.78 is 8.94. The van der Waals surface area contributed by atoms with Gasteiger partial charge in [-0.3, -0.25) is 14.2 Å². The van der Waals surface area contributed by atoms with E-state index in [0.29, 0.717) is 36.4 Å². The number of amides is 1. The first kappa shape index (κ1) is 18.9. The van der Waals surface area contributed by atoms with Gasteiger partial charge in [0.05, 0.1) is 12.6 Å². The number of thioether (sulfide) groups is 1. The predicted molar refractivity (Wildman–Crippen MR) is 111 cm³/mol. The van der Waals surface area contributed by atoms with Crippen LogP contribution in [0.1, 0.15) is 20.3 Å². The Bertz CT molecular complexity index is 1110. The molecule has 28 heavy (non-hydrogen) atoms. The molecule has 0 fully saturated rings. The van der Waals surface area contributed by atoms with Gasteiger partial charge in [-0.15, -0.1) is 0 Å². The first-order chi connectivity index (χ1) is 13.6. The molecule has 148 valence electrons. The monoisotopic (exact) mass is 400 g/mol. The normalized spacial score (nSPS) is 13.7. The highest BCUT2D eigenvalue weighted by molar-refractivity contribution is 7.99. The van der Waals surface area contributed by atoms with E-state index >= 15 is 0 Å². The number of aromatic nitrogens is 3. The fraction of sp³-hybridized carbons (Fsp3) is 0.450. The first-order valence-electron chi connectivity index (χ1n) is 9.60. The molecule has 3 aromatic rings. The van der Waals surface area contributed by atoms with Gasteiger partial charge in [0.25, 0.3) is 5.56 Å².